The Morgan fingerprint density at radius 2 is 1.67 bits per heavy atom. The molecule has 1 aliphatic carbocycles. The van der Waals surface area contributed by atoms with E-state index < -0.39 is 0 Å². The third-order valence-corrected chi connectivity index (χ3v) is 4.42. The molecule has 1 saturated carbocycles. The Labute approximate surface area is 79.2 Å². The van der Waals surface area contributed by atoms with Gasteiger partial charge in [-0.25, -0.2) is 0 Å². The molecule has 0 aromatic carbocycles. The fourth-order valence-electron chi connectivity index (χ4n) is 2.12. The monoisotopic (exact) mass is 186 g/mol. The highest BCUT2D eigenvalue weighted by atomic mass is 32.2. The van der Waals surface area contributed by atoms with Gasteiger partial charge in [0.15, 0.2) is 0 Å². The number of thioether (sulfide) groups is 1. The molecule has 1 unspecified atom stereocenters. The topological polar surface area (TPSA) is 9.23 Å². The fourth-order valence-corrected chi connectivity index (χ4v) is 3.74. The van der Waals surface area contributed by atoms with E-state index in [-0.39, 0.29) is 0 Å². The largest absolute Gasteiger partial charge is 0.380 e. The van der Waals surface area contributed by atoms with Crippen molar-refractivity contribution in [2.75, 3.05) is 13.2 Å². The van der Waals surface area contributed by atoms with Crippen molar-refractivity contribution in [3.8, 4) is 0 Å². The fraction of sp³-hybridized carbons (Fsp3) is 1.00. The van der Waals surface area contributed by atoms with E-state index in [0.717, 1.165) is 23.7 Å². The molecule has 0 N–H and O–H groups in total. The summed E-state index contributed by atoms with van der Waals surface area (Å²) in [6, 6.07) is 0. The van der Waals surface area contributed by atoms with Gasteiger partial charge >= 0.3 is 0 Å². The number of hydrogen-bond acceptors (Lipinski definition) is 2. The zero-order valence-electron chi connectivity index (χ0n) is 7.63. The number of ether oxygens (including phenoxy) is 1. The van der Waals surface area contributed by atoms with Crippen LogP contribution in [0.2, 0.25) is 0 Å². The van der Waals surface area contributed by atoms with Crippen molar-refractivity contribution in [2.24, 2.45) is 0 Å². The minimum Gasteiger partial charge on any atom is -0.380 e. The molecule has 1 aliphatic heterocycles. The van der Waals surface area contributed by atoms with Gasteiger partial charge in [0.05, 0.1) is 6.61 Å². The molecular formula is C10H18OS. The molecule has 12 heavy (non-hydrogen) atoms. The Morgan fingerprint density at radius 3 is 2.33 bits per heavy atom. The molecule has 1 heterocycles. The van der Waals surface area contributed by atoms with E-state index in [4.69, 9.17) is 4.74 Å². The van der Waals surface area contributed by atoms with E-state index in [1.807, 2.05) is 0 Å². The van der Waals surface area contributed by atoms with Crippen LogP contribution < -0.4 is 0 Å². The van der Waals surface area contributed by atoms with Crippen molar-refractivity contribution < 1.29 is 4.74 Å². The Morgan fingerprint density at radius 1 is 0.917 bits per heavy atom. The van der Waals surface area contributed by atoms with Crippen LogP contribution in [0.25, 0.3) is 0 Å². The average Bonchev–Trinajstić information content (AvgIpc) is 2.59. The van der Waals surface area contributed by atoms with Crippen molar-refractivity contribution in [1.82, 2.24) is 0 Å². The Bertz CT molecular complexity index is 126. The Hall–Kier alpha value is 0.310. The Kier molecular flexibility index (Phi) is 3.35. The maximum absolute atomic E-state index is 5.47. The summed E-state index contributed by atoms with van der Waals surface area (Å²) in [5.74, 6) is 0. The summed E-state index contributed by atoms with van der Waals surface area (Å²) in [4.78, 5) is 0. The first-order valence-electron chi connectivity index (χ1n) is 5.18. The molecule has 0 aromatic heterocycles. The first-order valence-corrected chi connectivity index (χ1v) is 6.12. The van der Waals surface area contributed by atoms with Crippen molar-refractivity contribution in [2.45, 2.75) is 49.0 Å². The van der Waals surface area contributed by atoms with Crippen molar-refractivity contribution in [3.05, 3.63) is 0 Å². The second kappa shape index (κ2) is 4.52. The molecule has 2 aliphatic rings. The lowest BCUT2D eigenvalue weighted by molar-refractivity contribution is 0.101. The van der Waals surface area contributed by atoms with Gasteiger partial charge in [0, 0.05) is 17.1 Å². The molecule has 2 rings (SSSR count). The Balaban J connectivity index is 1.69. The standard InChI is InChI=1S/C10H18OS/c1-2-5-9(4-1)12-10-6-3-7-11-8-10/h9-10H,1-8H2. The van der Waals surface area contributed by atoms with Crippen LogP contribution in [-0.4, -0.2) is 23.7 Å². The highest BCUT2D eigenvalue weighted by Crippen LogP contribution is 2.34. The predicted molar refractivity (Wildman–Crippen MR) is 53.7 cm³/mol. The minimum atomic E-state index is 0.821. The lowest BCUT2D eigenvalue weighted by Crippen LogP contribution is -2.21. The van der Waals surface area contributed by atoms with Gasteiger partial charge in [-0.05, 0) is 25.7 Å². The van der Waals surface area contributed by atoms with Crippen LogP contribution in [0.15, 0.2) is 0 Å². The van der Waals surface area contributed by atoms with Crippen LogP contribution in [0.5, 0.6) is 0 Å². The third-order valence-electron chi connectivity index (χ3n) is 2.81. The molecule has 70 valence electrons. The first-order chi connectivity index (χ1) is 5.95. The van der Waals surface area contributed by atoms with Gasteiger partial charge in [-0.2, -0.15) is 11.8 Å². The molecule has 0 spiro atoms. The highest BCUT2D eigenvalue weighted by molar-refractivity contribution is 8.00. The highest BCUT2D eigenvalue weighted by Gasteiger charge is 2.22. The quantitative estimate of drug-likeness (QED) is 0.656. The molecule has 1 atom stereocenters. The SMILES string of the molecule is C1CCC(SC2CCCOC2)C1. The second-order valence-corrected chi connectivity index (χ2v) is 5.49. The average molecular weight is 186 g/mol. The van der Waals surface area contributed by atoms with Gasteiger partial charge < -0.3 is 4.74 Å². The lowest BCUT2D eigenvalue weighted by Gasteiger charge is -2.24. The zero-order valence-corrected chi connectivity index (χ0v) is 8.44. The van der Waals surface area contributed by atoms with E-state index in [1.165, 1.54) is 38.5 Å². The maximum Gasteiger partial charge on any atom is 0.0585 e. The summed E-state index contributed by atoms with van der Waals surface area (Å²) in [7, 11) is 0. The van der Waals surface area contributed by atoms with E-state index in [9.17, 15) is 0 Å². The van der Waals surface area contributed by atoms with Gasteiger partial charge in [0.25, 0.3) is 0 Å². The third kappa shape index (κ3) is 2.40. The zero-order chi connectivity index (χ0) is 8.23. The summed E-state index contributed by atoms with van der Waals surface area (Å²) in [6.07, 6.45) is 8.52. The second-order valence-electron chi connectivity index (χ2n) is 3.88. The smallest absolute Gasteiger partial charge is 0.0585 e. The van der Waals surface area contributed by atoms with Gasteiger partial charge in [-0.3, -0.25) is 0 Å². The van der Waals surface area contributed by atoms with E-state index >= 15 is 0 Å². The molecule has 2 heteroatoms. The molecular weight excluding hydrogens is 168 g/mol. The van der Waals surface area contributed by atoms with Crippen LogP contribution in [0.3, 0.4) is 0 Å². The molecule has 0 bridgehead atoms. The molecule has 1 saturated heterocycles. The minimum absolute atomic E-state index is 0.821. The molecule has 2 fully saturated rings. The van der Waals surface area contributed by atoms with E-state index in [2.05, 4.69) is 11.8 Å². The summed E-state index contributed by atoms with van der Waals surface area (Å²) in [5, 5.41) is 1.79. The van der Waals surface area contributed by atoms with Gasteiger partial charge in [-0.1, -0.05) is 12.8 Å². The summed E-state index contributed by atoms with van der Waals surface area (Å²) in [5.41, 5.74) is 0. The molecule has 0 radical (unpaired) electrons. The van der Waals surface area contributed by atoms with Crippen LogP contribution >= 0.6 is 11.8 Å². The predicted octanol–water partition coefficient (Wildman–Crippen LogP) is 2.84. The van der Waals surface area contributed by atoms with Crippen molar-refractivity contribution in [3.63, 3.8) is 0 Å². The van der Waals surface area contributed by atoms with Crippen molar-refractivity contribution >= 4 is 11.8 Å². The summed E-state index contributed by atoms with van der Waals surface area (Å²) in [6.45, 7) is 2.02. The first kappa shape index (κ1) is 8.89. The summed E-state index contributed by atoms with van der Waals surface area (Å²) < 4.78 is 5.47. The van der Waals surface area contributed by atoms with Gasteiger partial charge in [-0.15, -0.1) is 0 Å². The van der Waals surface area contributed by atoms with Crippen LogP contribution in [0.4, 0.5) is 0 Å². The van der Waals surface area contributed by atoms with Crippen LogP contribution in [0, 0.1) is 0 Å². The van der Waals surface area contributed by atoms with Gasteiger partial charge in [0.2, 0.25) is 0 Å². The normalized spacial score (nSPS) is 32.5. The van der Waals surface area contributed by atoms with E-state index in [0.29, 0.717) is 0 Å². The van der Waals surface area contributed by atoms with Crippen molar-refractivity contribution in [1.29, 1.82) is 0 Å². The maximum atomic E-state index is 5.47. The molecule has 0 aromatic rings. The molecule has 0 amide bonds. The van der Waals surface area contributed by atoms with E-state index in [1.54, 1.807) is 0 Å². The molecule has 1 nitrogen and oxygen atoms in total. The van der Waals surface area contributed by atoms with Crippen LogP contribution in [-0.2, 0) is 4.74 Å². The van der Waals surface area contributed by atoms with Crippen LogP contribution in [0.1, 0.15) is 38.5 Å². The lowest BCUT2D eigenvalue weighted by atomic mass is 10.2. The number of hydrogen-bond donors (Lipinski definition) is 0. The van der Waals surface area contributed by atoms with Gasteiger partial charge in [0.1, 0.15) is 0 Å². The number of rotatable bonds is 2. The summed E-state index contributed by atoms with van der Waals surface area (Å²) >= 11 is 2.20.